The van der Waals surface area contributed by atoms with Crippen molar-refractivity contribution in [2.45, 2.75) is 44.6 Å². The molecule has 4 nitrogen and oxygen atoms in total. The first kappa shape index (κ1) is 17.3. The van der Waals surface area contributed by atoms with Crippen molar-refractivity contribution >= 4 is 38.6 Å². The summed E-state index contributed by atoms with van der Waals surface area (Å²) in [6, 6.07) is 15.8. The highest BCUT2D eigenvalue weighted by molar-refractivity contribution is 9.10. The first-order valence-electron chi connectivity index (χ1n) is 9.21. The van der Waals surface area contributed by atoms with Gasteiger partial charge in [-0.25, -0.2) is 4.98 Å². The Labute approximate surface area is 161 Å². The molecule has 1 fully saturated rings. The maximum absolute atomic E-state index is 12.7. The molecule has 0 atom stereocenters. The van der Waals surface area contributed by atoms with Crippen LogP contribution in [0.15, 0.2) is 53.0 Å². The van der Waals surface area contributed by atoms with Crippen LogP contribution in [0.25, 0.3) is 11.0 Å². The second-order valence-corrected chi connectivity index (χ2v) is 7.85. The number of carbonyl (C=O) groups is 1. The first-order valence-corrected chi connectivity index (χ1v) is 10.0. The number of hydrogen-bond acceptors (Lipinski definition) is 2. The summed E-state index contributed by atoms with van der Waals surface area (Å²) in [4.78, 5) is 17.6. The molecule has 2 aromatic carbocycles. The van der Waals surface area contributed by atoms with Gasteiger partial charge in [0.05, 0.1) is 11.0 Å². The van der Waals surface area contributed by atoms with Gasteiger partial charge in [0.1, 0.15) is 12.4 Å². The minimum atomic E-state index is -0.0247. The fourth-order valence-electron chi connectivity index (χ4n) is 3.84. The number of aromatic nitrogens is 2. The number of carbonyl (C=O) groups excluding carboxylic acids is 1. The van der Waals surface area contributed by atoms with Crippen molar-refractivity contribution in [1.29, 1.82) is 0 Å². The summed E-state index contributed by atoms with van der Waals surface area (Å²) >= 11 is 3.44. The Bertz CT molecular complexity index is 928. The van der Waals surface area contributed by atoms with Crippen molar-refractivity contribution < 1.29 is 4.79 Å². The van der Waals surface area contributed by atoms with E-state index in [2.05, 4.69) is 31.9 Å². The Morgan fingerprint density at radius 2 is 1.92 bits per heavy atom. The van der Waals surface area contributed by atoms with E-state index < -0.39 is 0 Å². The molecule has 0 spiro atoms. The molecule has 1 N–H and O–H groups in total. The third kappa shape index (κ3) is 3.68. The highest BCUT2D eigenvalue weighted by Gasteiger charge is 2.23. The van der Waals surface area contributed by atoms with E-state index in [1.54, 1.807) is 0 Å². The Hall–Kier alpha value is -2.14. The number of hydrogen-bond donors (Lipinski definition) is 1. The lowest BCUT2D eigenvalue weighted by atomic mass is 9.88. The molecule has 0 unspecified atom stereocenters. The molecule has 1 aromatic heterocycles. The highest BCUT2D eigenvalue weighted by atomic mass is 79.9. The zero-order valence-corrected chi connectivity index (χ0v) is 16.2. The molecule has 26 heavy (non-hydrogen) atoms. The Morgan fingerprint density at radius 1 is 1.12 bits per heavy atom. The summed E-state index contributed by atoms with van der Waals surface area (Å²) in [6.45, 7) is 0.291. The van der Waals surface area contributed by atoms with Crippen molar-refractivity contribution in [1.82, 2.24) is 9.55 Å². The number of anilines is 1. The minimum Gasteiger partial charge on any atom is -0.324 e. The van der Waals surface area contributed by atoms with E-state index >= 15 is 0 Å². The van der Waals surface area contributed by atoms with Gasteiger partial charge in [0.25, 0.3) is 0 Å². The van der Waals surface area contributed by atoms with E-state index in [4.69, 9.17) is 4.98 Å². The molecule has 1 aliphatic rings. The van der Waals surface area contributed by atoms with E-state index in [1.807, 2.05) is 42.5 Å². The number of nitrogens with one attached hydrogen (secondary N) is 1. The van der Waals surface area contributed by atoms with Crippen LogP contribution in [0, 0.1) is 0 Å². The maximum Gasteiger partial charge on any atom is 0.244 e. The first-order chi connectivity index (χ1) is 12.7. The van der Waals surface area contributed by atoms with Crippen LogP contribution in [0.5, 0.6) is 0 Å². The van der Waals surface area contributed by atoms with Crippen LogP contribution in [0.1, 0.15) is 43.8 Å². The lowest BCUT2D eigenvalue weighted by Gasteiger charge is -2.22. The fraction of sp³-hybridized carbons (Fsp3) is 0.333. The average molecular weight is 412 g/mol. The molecule has 0 bridgehead atoms. The molecular weight excluding hydrogens is 390 g/mol. The normalized spacial score (nSPS) is 15.3. The molecule has 1 amide bonds. The Morgan fingerprint density at radius 3 is 2.73 bits per heavy atom. The molecule has 1 saturated carbocycles. The van der Waals surface area contributed by atoms with Crippen LogP contribution in [0.4, 0.5) is 5.69 Å². The van der Waals surface area contributed by atoms with E-state index in [1.165, 1.54) is 19.3 Å². The summed E-state index contributed by atoms with van der Waals surface area (Å²) in [7, 11) is 0. The smallest absolute Gasteiger partial charge is 0.244 e. The predicted octanol–water partition coefficient (Wildman–Crippen LogP) is 5.49. The summed E-state index contributed by atoms with van der Waals surface area (Å²) in [5.74, 6) is 1.49. The summed E-state index contributed by atoms with van der Waals surface area (Å²) < 4.78 is 3.06. The fourth-order valence-corrected chi connectivity index (χ4v) is 4.24. The summed E-state index contributed by atoms with van der Waals surface area (Å²) in [5.41, 5.74) is 2.81. The van der Waals surface area contributed by atoms with Gasteiger partial charge in [0, 0.05) is 16.1 Å². The van der Waals surface area contributed by atoms with E-state index in [-0.39, 0.29) is 5.91 Å². The monoisotopic (exact) mass is 411 g/mol. The number of fused-ring (bicyclic) bond motifs is 1. The SMILES string of the molecule is O=C(Cn1c(C2CCCCC2)nc2ccccc21)Nc1cccc(Br)c1. The van der Waals surface area contributed by atoms with Crippen molar-refractivity contribution in [2.24, 2.45) is 0 Å². The largest absolute Gasteiger partial charge is 0.324 e. The van der Waals surface area contributed by atoms with Crippen LogP contribution in [-0.2, 0) is 11.3 Å². The van der Waals surface area contributed by atoms with Gasteiger partial charge in [-0.1, -0.05) is 53.4 Å². The number of benzene rings is 2. The zero-order valence-electron chi connectivity index (χ0n) is 14.6. The lowest BCUT2D eigenvalue weighted by Crippen LogP contribution is -2.21. The van der Waals surface area contributed by atoms with Gasteiger partial charge < -0.3 is 9.88 Å². The van der Waals surface area contributed by atoms with Crippen LogP contribution < -0.4 is 5.32 Å². The second-order valence-electron chi connectivity index (χ2n) is 6.94. The molecule has 0 radical (unpaired) electrons. The molecular formula is C21H22BrN3O. The van der Waals surface area contributed by atoms with Gasteiger partial charge in [-0.15, -0.1) is 0 Å². The lowest BCUT2D eigenvalue weighted by molar-refractivity contribution is -0.116. The van der Waals surface area contributed by atoms with Crippen LogP contribution in [-0.4, -0.2) is 15.5 Å². The standard InChI is InChI=1S/C21H22BrN3O/c22-16-9-6-10-17(13-16)23-20(26)14-25-19-12-5-4-11-18(19)24-21(25)15-7-2-1-3-8-15/h4-6,9-13,15H,1-3,7-8,14H2,(H,23,26). The number of para-hydroxylation sites is 2. The van der Waals surface area contributed by atoms with Crippen LogP contribution >= 0.6 is 15.9 Å². The molecule has 5 heteroatoms. The number of rotatable bonds is 4. The van der Waals surface area contributed by atoms with Gasteiger partial charge >= 0.3 is 0 Å². The Balaban J connectivity index is 1.62. The highest BCUT2D eigenvalue weighted by Crippen LogP contribution is 2.34. The van der Waals surface area contributed by atoms with Gasteiger partial charge in [0.15, 0.2) is 0 Å². The third-order valence-electron chi connectivity index (χ3n) is 5.06. The van der Waals surface area contributed by atoms with Crippen LogP contribution in [0.3, 0.4) is 0 Å². The average Bonchev–Trinajstić information content (AvgIpc) is 3.01. The summed E-state index contributed by atoms with van der Waals surface area (Å²) in [6.07, 6.45) is 6.13. The quantitative estimate of drug-likeness (QED) is 0.617. The molecule has 3 aromatic rings. The number of nitrogens with zero attached hydrogens (tertiary/aromatic N) is 2. The number of imidazole rings is 1. The van der Waals surface area contributed by atoms with Crippen LogP contribution in [0.2, 0.25) is 0 Å². The van der Waals surface area contributed by atoms with Crippen molar-refractivity contribution in [3.05, 3.63) is 58.8 Å². The van der Waals surface area contributed by atoms with Gasteiger partial charge in [-0.3, -0.25) is 4.79 Å². The second kappa shape index (κ2) is 7.62. The van der Waals surface area contributed by atoms with Crippen molar-refractivity contribution in [3.8, 4) is 0 Å². The number of halogens is 1. The Kier molecular flexibility index (Phi) is 5.07. The van der Waals surface area contributed by atoms with Gasteiger partial charge in [-0.2, -0.15) is 0 Å². The van der Waals surface area contributed by atoms with E-state index in [0.29, 0.717) is 12.5 Å². The molecule has 0 aliphatic heterocycles. The van der Waals surface area contributed by atoms with Gasteiger partial charge in [-0.05, 0) is 43.2 Å². The van der Waals surface area contributed by atoms with Gasteiger partial charge in [0.2, 0.25) is 5.91 Å². The topological polar surface area (TPSA) is 46.9 Å². The third-order valence-corrected chi connectivity index (χ3v) is 5.56. The molecule has 0 saturated heterocycles. The zero-order chi connectivity index (χ0) is 17.9. The molecule has 1 heterocycles. The number of amides is 1. The van der Waals surface area contributed by atoms with Crippen molar-refractivity contribution in [3.63, 3.8) is 0 Å². The van der Waals surface area contributed by atoms with E-state index in [0.717, 1.165) is 39.9 Å². The maximum atomic E-state index is 12.7. The van der Waals surface area contributed by atoms with Crippen molar-refractivity contribution in [2.75, 3.05) is 5.32 Å². The summed E-state index contributed by atoms with van der Waals surface area (Å²) in [5, 5.41) is 3.00. The minimum absolute atomic E-state index is 0.0247. The molecule has 134 valence electrons. The predicted molar refractivity (Wildman–Crippen MR) is 108 cm³/mol. The molecule has 1 aliphatic carbocycles. The molecule has 4 rings (SSSR count). The van der Waals surface area contributed by atoms with E-state index in [9.17, 15) is 4.79 Å².